The van der Waals surface area contributed by atoms with Gasteiger partial charge in [0.05, 0.1) is 0 Å². The van der Waals surface area contributed by atoms with E-state index in [0.29, 0.717) is 19.3 Å². The summed E-state index contributed by atoms with van der Waals surface area (Å²) in [6.45, 7) is 6.53. The molecule has 0 saturated heterocycles. The maximum Gasteiger partial charge on any atom is 0.306 e. The fourth-order valence-corrected chi connectivity index (χ4v) is 9.43. The lowest BCUT2D eigenvalue weighted by Gasteiger charge is -2.18. The lowest BCUT2D eigenvalue weighted by Crippen LogP contribution is -2.30. The topological polar surface area (TPSA) is 78.9 Å². The molecule has 6 heteroatoms. The van der Waals surface area contributed by atoms with Gasteiger partial charge in [-0.15, -0.1) is 0 Å². The lowest BCUT2D eigenvalue weighted by molar-refractivity contribution is -0.167. The van der Waals surface area contributed by atoms with E-state index >= 15 is 0 Å². The third kappa shape index (κ3) is 60.0. The average molecular weight is 1040 g/mol. The zero-order chi connectivity index (χ0) is 53.6. The fraction of sp³-hybridized carbons (Fsp3) is 0.809. The first kappa shape index (κ1) is 71.1. The molecule has 0 aliphatic carbocycles. The third-order valence-corrected chi connectivity index (χ3v) is 14.3. The maximum absolute atomic E-state index is 12.9. The van der Waals surface area contributed by atoms with Crippen molar-refractivity contribution in [3.05, 3.63) is 60.8 Å². The molecule has 0 aliphatic heterocycles. The van der Waals surface area contributed by atoms with E-state index in [9.17, 15) is 14.4 Å². The van der Waals surface area contributed by atoms with Gasteiger partial charge in [0, 0.05) is 19.3 Å². The first-order chi connectivity index (χ1) is 36.5. The van der Waals surface area contributed by atoms with E-state index in [4.69, 9.17) is 14.2 Å². The maximum atomic E-state index is 12.9. The molecule has 0 bridgehead atoms. The summed E-state index contributed by atoms with van der Waals surface area (Å²) in [4.78, 5) is 38.3. The van der Waals surface area contributed by atoms with Gasteiger partial charge in [-0.2, -0.15) is 0 Å². The number of hydrogen-bond acceptors (Lipinski definition) is 6. The van der Waals surface area contributed by atoms with Gasteiger partial charge in [0.15, 0.2) is 6.10 Å². The van der Waals surface area contributed by atoms with Crippen molar-refractivity contribution in [1.82, 2.24) is 0 Å². The molecule has 1 unspecified atom stereocenters. The van der Waals surface area contributed by atoms with Crippen LogP contribution in [0.5, 0.6) is 0 Å². The standard InChI is InChI=1S/C68H122O6/c1-4-7-10-13-16-19-22-25-28-30-31-32-33-34-35-36-37-38-41-43-46-49-52-55-58-61-67(70)73-64-65(63-72-66(69)60-57-54-51-48-45-42-39-27-24-21-18-15-12-9-6-3)74-68(71)62-59-56-53-50-47-44-40-29-26-23-20-17-14-11-8-5-2/h9,12,18,21,27,29,39-40,45,48,65H,4-8,10-11,13-17,19-20,22-26,28,30-38,41-44,46-47,49-64H2,1-3H3/b12-9-,21-18-,39-27-,40-29-,48-45-. The molecule has 0 N–H and O–H groups in total. The molecule has 0 aromatic heterocycles. The highest BCUT2D eigenvalue weighted by molar-refractivity contribution is 5.71. The predicted octanol–water partition coefficient (Wildman–Crippen LogP) is 21.9. The molecule has 0 saturated carbocycles. The predicted molar refractivity (Wildman–Crippen MR) is 321 cm³/mol. The van der Waals surface area contributed by atoms with Gasteiger partial charge in [-0.1, -0.05) is 293 Å². The van der Waals surface area contributed by atoms with Crippen LogP contribution in [-0.2, 0) is 28.6 Å². The number of esters is 3. The van der Waals surface area contributed by atoms with E-state index < -0.39 is 6.10 Å². The zero-order valence-corrected chi connectivity index (χ0v) is 49.4. The number of allylic oxidation sites excluding steroid dienone is 10. The Kier molecular flexibility index (Phi) is 60.2. The number of hydrogen-bond donors (Lipinski definition) is 0. The number of ether oxygens (including phenoxy) is 3. The number of rotatable bonds is 59. The Hall–Kier alpha value is -2.89. The summed E-state index contributed by atoms with van der Waals surface area (Å²) < 4.78 is 16.9. The molecule has 0 radical (unpaired) electrons. The van der Waals surface area contributed by atoms with E-state index in [2.05, 4.69) is 81.5 Å². The molecule has 0 fully saturated rings. The molecular formula is C68H122O6. The van der Waals surface area contributed by atoms with Crippen LogP contribution in [0.4, 0.5) is 0 Å². The second-order valence-electron chi connectivity index (χ2n) is 21.6. The van der Waals surface area contributed by atoms with Gasteiger partial charge in [0.25, 0.3) is 0 Å². The van der Waals surface area contributed by atoms with Crippen molar-refractivity contribution in [2.75, 3.05) is 13.2 Å². The molecule has 1 atom stereocenters. The van der Waals surface area contributed by atoms with Crippen molar-refractivity contribution in [3.63, 3.8) is 0 Å². The van der Waals surface area contributed by atoms with Gasteiger partial charge in [-0.25, -0.2) is 0 Å². The van der Waals surface area contributed by atoms with E-state index in [1.807, 2.05) is 0 Å². The van der Waals surface area contributed by atoms with Crippen LogP contribution in [0.1, 0.15) is 335 Å². The Morgan fingerprint density at radius 3 is 0.865 bits per heavy atom. The molecule has 0 aromatic rings. The SMILES string of the molecule is CC/C=C\C/C=C\C/C=C\C/C=C\CCCCC(=O)OCC(COC(=O)CCCCCCCCCCCCCCCCCCCCCCCCCCC)OC(=O)CCCCCCC/C=C\CCCCCCCCC. The first-order valence-corrected chi connectivity index (χ1v) is 32.3. The Labute approximate surface area is 460 Å². The van der Waals surface area contributed by atoms with Gasteiger partial charge < -0.3 is 14.2 Å². The average Bonchev–Trinajstić information content (AvgIpc) is 3.40. The molecule has 0 amide bonds. The largest absolute Gasteiger partial charge is 0.462 e. The van der Waals surface area contributed by atoms with Crippen molar-refractivity contribution in [3.8, 4) is 0 Å². The van der Waals surface area contributed by atoms with Crippen molar-refractivity contribution >= 4 is 17.9 Å². The lowest BCUT2D eigenvalue weighted by atomic mass is 10.0. The summed E-state index contributed by atoms with van der Waals surface area (Å²) >= 11 is 0. The van der Waals surface area contributed by atoms with Crippen molar-refractivity contribution in [1.29, 1.82) is 0 Å². The van der Waals surface area contributed by atoms with Gasteiger partial charge in [0.1, 0.15) is 13.2 Å². The van der Waals surface area contributed by atoms with E-state index in [-0.39, 0.29) is 31.1 Å². The van der Waals surface area contributed by atoms with Crippen LogP contribution in [0.15, 0.2) is 60.8 Å². The highest BCUT2D eigenvalue weighted by Crippen LogP contribution is 2.17. The second kappa shape index (κ2) is 62.6. The number of unbranched alkanes of at least 4 members (excludes halogenated alkanes) is 38. The molecule has 430 valence electrons. The number of carbonyl (C=O) groups is 3. The zero-order valence-electron chi connectivity index (χ0n) is 49.4. The quantitative estimate of drug-likeness (QED) is 0.0261. The Balaban J connectivity index is 4.30. The Morgan fingerprint density at radius 2 is 0.527 bits per heavy atom. The Bertz CT molecular complexity index is 1330. The van der Waals surface area contributed by atoms with Gasteiger partial charge in [-0.05, 0) is 83.5 Å². The summed E-state index contributed by atoms with van der Waals surface area (Å²) in [7, 11) is 0. The second-order valence-corrected chi connectivity index (χ2v) is 21.6. The molecule has 0 spiro atoms. The normalized spacial score (nSPS) is 12.4. The van der Waals surface area contributed by atoms with Gasteiger partial charge in [-0.3, -0.25) is 14.4 Å². The summed E-state index contributed by atoms with van der Waals surface area (Å²) in [5.74, 6) is -0.922. The monoisotopic (exact) mass is 1030 g/mol. The molecule has 0 rings (SSSR count). The first-order valence-electron chi connectivity index (χ1n) is 32.3. The van der Waals surface area contributed by atoms with Crippen LogP contribution < -0.4 is 0 Å². The molecule has 0 aromatic carbocycles. The van der Waals surface area contributed by atoms with Gasteiger partial charge >= 0.3 is 17.9 Å². The van der Waals surface area contributed by atoms with Crippen molar-refractivity contribution < 1.29 is 28.6 Å². The number of carbonyl (C=O) groups excluding carboxylic acids is 3. The van der Waals surface area contributed by atoms with Crippen molar-refractivity contribution in [2.24, 2.45) is 0 Å². The van der Waals surface area contributed by atoms with Crippen LogP contribution in [0.2, 0.25) is 0 Å². The third-order valence-electron chi connectivity index (χ3n) is 14.3. The summed E-state index contributed by atoms with van der Waals surface area (Å²) in [5, 5.41) is 0. The molecular weight excluding hydrogens is 913 g/mol. The molecule has 6 nitrogen and oxygen atoms in total. The molecule has 0 aliphatic rings. The minimum Gasteiger partial charge on any atom is -0.462 e. The van der Waals surface area contributed by atoms with E-state index in [0.717, 1.165) is 96.3 Å². The van der Waals surface area contributed by atoms with Gasteiger partial charge in [0.2, 0.25) is 0 Å². The minimum absolute atomic E-state index is 0.0877. The van der Waals surface area contributed by atoms with Crippen LogP contribution in [-0.4, -0.2) is 37.2 Å². The van der Waals surface area contributed by atoms with Crippen LogP contribution in [0.25, 0.3) is 0 Å². The highest BCUT2D eigenvalue weighted by Gasteiger charge is 2.19. The summed E-state index contributed by atoms with van der Waals surface area (Å²) in [6, 6.07) is 0. The molecule has 74 heavy (non-hydrogen) atoms. The Morgan fingerprint density at radius 1 is 0.284 bits per heavy atom. The fourth-order valence-electron chi connectivity index (χ4n) is 9.43. The highest BCUT2D eigenvalue weighted by atomic mass is 16.6. The summed E-state index contributed by atoms with van der Waals surface area (Å²) in [6.07, 6.45) is 79.6. The minimum atomic E-state index is -0.795. The van der Waals surface area contributed by atoms with Crippen LogP contribution >= 0.6 is 0 Å². The van der Waals surface area contributed by atoms with E-state index in [1.165, 1.54) is 199 Å². The van der Waals surface area contributed by atoms with Crippen LogP contribution in [0, 0.1) is 0 Å². The summed E-state index contributed by atoms with van der Waals surface area (Å²) in [5.41, 5.74) is 0. The van der Waals surface area contributed by atoms with E-state index in [1.54, 1.807) is 0 Å². The van der Waals surface area contributed by atoms with Crippen molar-refractivity contribution in [2.45, 2.75) is 341 Å². The smallest absolute Gasteiger partial charge is 0.306 e. The van der Waals surface area contributed by atoms with Crippen LogP contribution in [0.3, 0.4) is 0 Å². The molecule has 0 heterocycles.